The second-order valence-corrected chi connectivity index (χ2v) is 7.90. The predicted molar refractivity (Wildman–Crippen MR) is 46.1 cm³/mol. The Bertz CT molecular complexity index is 201. The fourth-order valence-electron chi connectivity index (χ4n) is 1.21. The predicted octanol–water partition coefficient (Wildman–Crippen LogP) is 1.79. The molecule has 0 aliphatic carbocycles. The summed E-state index contributed by atoms with van der Waals surface area (Å²) in [6, 6.07) is 11.1. The topological polar surface area (TPSA) is 0 Å². The first kappa shape index (κ1) is 6.49. The van der Waals surface area contributed by atoms with Crippen LogP contribution in [0.1, 0.15) is 6.42 Å². The van der Waals surface area contributed by atoms with Crippen LogP contribution in [0.5, 0.6) is 0 Å². The summed E-state index contributed by atoms with van der Waals surface area (Å²) >= 11 is -0.422. The van der Waals surface area contributed by atoms with Crippen LogP contribution in [-0.4, -0.2) is 14.7 Å². The van der Waals surface area contributed by atoms with Crippen LogP contribution >= 0.6 is 0 Å². The molecule has 0 N–H and O–H groups in total. The standard InChI is InChI=1S/C9H11As/c1-2-5-9(6-3-1)10-7-4-8-10/h1-3,5-6H,4,7-8H2. The fraction of sp³-hybridized carbons (Fsp3) is 0.333. The molecule has 0 nitrogen and oxygen atoms in total. The SMILES string of the molecule is c1ccc([As]2CCC2)cc1. The molecule has 0 spiro atoms. The molecule has 0 unspecified atom stereocenters. The van der Waals surface area contributed by atoms with Gasteiger partial charge >= 0.3 is 66.2 Å². The third-order valence-electron chi connectivity index (χ3n) is 1.98. The molecule has 0 amide bonds. The Morgan fingerprint density at radius 2 is 1.70 bits per heavy atom. The van der Waals surface area contributed by atoms with E-state index in [0.29, 0.717) is 0 Å². The normalized spacial score (nSPS) is 18.4. The van der Waals surface area contributed by atoms with Gasteiger partial charge in [-0.15, -0.1) is 0 Å². The van der Waals surface area contributed by atoms with Crippen molar-refractivity contribution in [2.24, 2.45) is 0 Å². The number of hydrogen-bond acceptors (Lipinski definition) is 0. The third-order valence-corrected chi connectivity index (χ3v) is 7.73. The van der Waals surface area contributed by atoms with Crippen LogP contribution in [0.2, 0.25) is 10.4 Å². The van der Waals surface area contributed by atoms with E-state index in [-0.39, 0.29) is 0 Å². The molecular formula is C9H11As. The van der Waals surface area contributed by atoms with Gasteiger partial charge in [-0.2, -0.15) is 0 Å². The first-order valence-corrected chi connectivity index (χ1v) is 7.36. The Balaban J connectivity index is 2.18. The Morgan fingerprint density at radius 3 is 2.20 bits per heavy atom. The molecule has 0 saturated carbocycles. The Kier molecular flexibility index (Phi) is 1.81. The van der Waals surface area contributed by atoms with Crippen molar-refractivity contribution in [3.63, 3.8) is 0 Å². The van der Waals surface area contributed by atoms with Crippen molar-refractivity contribution < 1.29 is 0 Å². The Morgan fingerprint density at radius 1 is 1.00 bits per heavy atom. The average molecular weight is 194 g/mol. The minimum absolute atomic E-state index is 0.422. The fourth-order valence-corrected chi connectivity index (χ4v) is 4.87. The van der Waals surface area contributed by atoms with Crippen LogP contribution in [0.15, 0.2) is 30.3 Å². The maximum absolute atomic E-state index is 2.30. The molecule has 1 saturated heterocycles. The van der Waals surface area contributed by atoms with E-state index < -0.39 is 14.7 Å². The summed E-state index contributed by atoms with van der Waals surface area (Å²) in [5.41, 5.74) is 0. The van der Waals surface area contributed by atoms with Crippen LogP contribution < -0.4 is 4.35 Å². The van der Waals surface area contributed by atoms with Crippen molar-refractivity contribution in [2.45, 2.75) is 16.8 Å². The zero-order valence-corrected chi connectivity index (χ0v) is 7.83. The summed E-state index contributed by atoms with van der Waals surface area (Å²) in [4.78, 5) is 0. The van der Waals surface area contributed by atoms with E-state index in [9.17, 15) is 0 Å². The van der Waals surface area contributed by atoms with Crippen LogP contribution in [0.4, 0.5) is 0 Å². The summed E-state index contributed by atoms with van der Waals surface area (Å²) in [6.45, 7) is 0. The molecule has 1 heterocycles. The van der Waals surface area contributed by atoms with Crippen molar-refractivity contribution >= 4 is 19.0 Å². The zero-order chi connectivity index (χ0) is 6.81. The van der Waals surface area contributed by atoms with E-state index in [2.05, 4.69) is 30.3 Å². The van der Waals surface area contributed by atoms with Gasteiger partial charge in [0, 0.05) is 0 Å². The van der Waals surface area contributed by atoms with Gasteiger partial charge in [-0.05, 0) is 0 Å². The van der Waals surface area contributed by atoms with E-state index in [1.807, 2.05) is 0 Å². The molecule has 0 aromatic heterocycles. The number of rotatable bonds is 1. The quantitative estimate of drug-likeness (QED) is 0.598. The second-order valence-electron chi connectivity index (χ2n) is 2.68. The van der Waals surface area contributed by atoms with Crippen LogP contribution in [-0.2, 0) is 0 Å². The van der Waals surface area contributed by atoms with E-state index in [1.54, 1.807) is 14.8 Å². The minimum atomic E-state index is -0.422. The van der Waals surface area contributed by atoms with Gasteiger partial charge in [0.05, 0.1) is 0 Å². The second kappa shape index (κ2) is 2.80. The van der Waals surface area contributed by atoms with Gasteiger partial charge in [-0.25, -0.2) is 0 Å². The van der Waals surface area contributed by atoms with Crippen molar-refractivity contribution in [3.8, 4) is 0 Å². The van der Waals surface area contributed by atoms with Gasteiger partial charge in [0.2, 0.25) is 0 Å². The van der Waals surface area contributed by atoms with Crippen molar-refractivity contribution in [1.82, 2.24) is 0 Å². The molecule has 1 fully saturated rings. The van der Waals surface area contributed by atoms with E-state index in [0.717, 1.165) is 0 Å². The zero-order valence-electron chi connectivity index (χ0n) is 5.96. The van der Waals surface area contributed by atoms with Gasteiger partial charge in [0.25, 0.3) is 0 Å². The molecule has 1 aromatic carbocycles. The molecular weight excluding hydrogens is 183 g/mol. The molecule has 0 bridgehead atoms. The molecule has 2 rings (SSSR count). The first-order valence-electron chi connectivity index (χ1n) is 3.77. The molecule has 1 heteroatoms. The Labute approximate surface area is 66.5 Å². The molecule has 10 heavy (non-hydrogen) atoms. The van der Waals surface area contributed by atoms with Gasteiger partial charge < -0.3 is 0 Å². The maximum atomic E-state index is 2.30. The molecule has 1 aliphatic heterocycles. The average Bonchev–Trinajstić information content (AvgIpc) is 1.86. The van der Waals surface area contributed by atoms with Gasteiger partial charge in [-0.3, -0.25) is 0 Å². The summed E-state index contributed by atoms with van der Waals surface area (Å²) in [7, 11) is 0. The first-order chi connectivity index (χ1) is 4.97. The van der Waals surface area contributed by atoms with Gasteiger partial charge in [-0.1, -0.05) is 0 Å². The molecule has 0 atom stereocenters. The Hall–Kier alpha value is -0.222. The van der Waals surface area contributed by atoms with E-state index >= 15 is 0 Å². The van der Waals surface area contributed by atoms with Gasteiger partial charge in [0.1, 0.15) is 0 Å². The summed E-state index contributed by atoms with van der Waals surface area (Å²) < 4.78 is 1.68. The van der Waals surface area contributed by atoms with Crippen molar-refractivity contribution in [1.29, 1.82) is 0 Å². The molecule has 1 aromatic rings. The van der Waals surface area contributed by atoms with Crippen molar-refractivity contribution in [3.05, 3.63) is 30.3 Å². The molecule has 0 radical (unpaired) electrons. The summed E-state index contributed by atoms with van der Waals surface area (Å²) in [6.07, 6.45) is 1.49. The van der Waals surface area contributed by atoms with Crippen molar-refractivity contribution in [2.75, 3.05) is 0 Å². The van der Waals surface area contributed by atoms with E-state index in [1.165, 1.54) is 6.42 Å². The summed E-state index contributed by atoms with van der Waals surface area (Å²) in [5.74, 6) is 0. The monoisotopic (exact) mass is 194 g/mol. The molecule has 52 valence electrons. The van der Waals surface area contributed by atoms with Crippen LogP contribution in [0.25, 0.3) is 0 Å². The third kappa shape index (κ3) is 1.13. The van der Waals surface area contributed by atoms with E-state index in [4.69, 9.17) is 0 Å². The molecule has 1 aliphatic rings. The number of benzene rings is 1. The van der Waals surface area contributed by atoms with Crippen LogP contribution in [0.3, 0.4) is 0 Å². The summed E-state index contributed by atoms with van der Waals surface area (Å²) in [5, 5.41) is 3.11. The van der Waals surface area contributed by atoms with Crippen LogP contribution in [0, 0.1) is 0 Å². The number of hydrogen-bond donors (Lipinski definition) is 0. The van der Waals surface area contributed by atoms with Gasteiger partial charge in [0.15, 0.2) is 0 Å².